The highest BCUT2D eigenvalue weighted by Crippen LogP contribution is 2.37. The van der Waals surface area contributed by atoms with Crippen molar-refractivity contribution >= 4 is 25.4 Å². The molecule has 7 nitrogen and oxygen atoms in total. The molecule has 0 saturated heterocycles. The van der Waals surface area contributed by atoms with Crippen molar-refractivity contribution < 1.29 is 22.8 Å². The van der Waals surface area contributed by atoms with Crippen molar-refractivity contribution in [3.63, 3.8) is 0 Å². The fourth-order valence-corrected chi connectivity index (χ4v) is 2.18. The van der Waals surface area contributed by atoms with E-state index in [1.165, 1.54) is 14.2 Å². The van der Waals surface area contributed by atoms with Gasteiger partial charge < -0.3 is 9.47 Å². The van der Waals surface area contributed by atoms with Gasteiger partial charge in [-0.15, -0.1) is 0 Å². The summed E-state index contributed by atoms with van der Waals surface area (Å²) in [6.45, 7) is 0. The van der Waals surface area contributed by atoms with Gasteiger partial charge in [0.1, 0.15) is 10.6 Å². The van der Waals surface area contributed by atoms with Gasteiger partial charge in [-0.05, 0) is 0 Å². The Morgan fingerprint density at radius 2 is 1.76 bits per heavy atom. The molecule has 94 valence electrons. The molecule has 0 aliphatic carbocycles. The molecule has 0 heterocycles. The number of rotatable bonds is 4. The standard InChI is InChI=1S/C8H8ClNO6S/c1-15-6-4-7(16-2)8(17(9,13)14)3-5(6)10(11)12/h3-4H,1-2H3. The van der Waals surface area contributed by atoms with Crippen molar-refractivity contribution in [3.05, 3.63) is 22.2 Å². The zero-order chi connectivity index (χ0) is 13.2. The third-order valence-electron chi connectivity index (χ3n) is 1.92. The molecule has 0 spiro atoms. The largest absolute Gasteiger partial charge is 0.495 e. The van der Waals surface area contributed by atoms with Gasteiger partial charge in [0, 0.05) is 22.8 Å². The van der Waals surface area contributed by atoms with Gasteiger partial charge in [0.15, 0.2) is 0 Å². The molecule has 0 bridgehead atoms. The lowest BCUT2D eigenvalue weighted by Crippen LogP contribution is -2.01. The van der Waals surface area contributed by atoms with Crippen LogP contribution in [0.15, 0.2) is 17.0 Å². The highest BCUT2D eigenvalue weighted by atomic mass is 35.7. The number of ether oxygens (including phenoxy) is 2. The molecule has 0 unspecified atom stereocenters. The van der Waals surface area contributed by atoms with E-state index >= 15 is 0 Å². The first kappa shape index (κ1) is 13.5. The predicted octanol–water partition coefficient (Wildman–Crippen LogP) is 1.54. The number of benzene rings is 1. The minimum absolute atomic E-state index is 0.115. The molecule has 0 aromatic heterocycles. The van der Waals surface area contributed by atoms with Crippen LogP contribution in [0, 0.1) is 10.1 Å². The quantitative estimate of drug-likeness (QED) is 0.472. The van der Waals surface area contributed by atoms with Crippen molar-refractivity contribution in [2.75, 3.05) is 14.2 Å². The first-order valence-corrected chi connectivity index (χ1v) is 6.47. The van der Waals surface area contributed by atoms with Gasteiger partial charge in [-0.2, -0.15) is 0 Å². The summed E-state index contributed by atoms with van der Waals surface area (Å²) in [5, 5.41) is 10.7. The molecule has 9 heteroatoms. The van der Waals surface area contributed by atoms with E-state index in [9.17, 15) is 18.5 Å². The second-order valence-electron chi connectivity index (χ2n) is 2.87. The van der Waals surface area contributed by atoms with Gasteiger partial charge in [-0.1, -0.05) is 0 Å². The van der Waals surface area contributed by atoms with E-state index in [1.54, 1.807) is 0 Å². The Bertz CT molecular complexity index is 555. The summed E-state index contributed by atoms with van der Waals surface area (Å²) in [6, 6.07) is 1.88. The molecule has 0 aliphatic heterocycles. The van der Waals surface area contributed by atoms with Crippen molar-refractivity contribution in [1.82, 2.24) is 0 Å². The van der Waals surface area contributed by atoms with Gasteiger partial charge in [0.2, 0.25) is 5.75 Å². The van der Waals surface area contributed by atoms with Crippen LogP contribution in [0.25, 0.3) is 0 Å². The Balaban J connectivity index is 3.62. The molecule has 0 atom stereocenters. The van der Waals surface area contributed by atoms with Gasteiger partial charge in [0.25, 0.3) is 9.05 Å². The molecule has 0 amide bonds. The van der Waals surface area contributed by atoms with Crippen LogP contribution >= 0.6 is 10.7 Å². The number of nitro benzene ring substituents is 1. The van der Waals surface area contributed by atoms with E-state index in [2.05, 4.69) is 0 Å². The van der Waals surface area contributed by atoms with Crippen molar-refractivity contribution in [1.29, 1.82) is 0 Å². The summed E-state index contributed by atoms with van der Waals surface area (Å²) >= 11 is 0. The second kappa shape index (κ2) is 4.76. The molecule has 0 N–H and O–H groups in total. The summed E-state index contributed by atoms with van der Waals surface area (Å²) < 4.78 is 32.0. The maximum absolute atomic E-state index is 11.2. The highest BCUT2D eigenvalue weighted by Gasteiger charge is 2.25. The lowest BCUT2D eigenvalue weighted by molar-refractivity contribution is -0.386. The van der Waals surface area contributed by atoms with Crippen molar-refractivity contribution in [2.45, 2.75) is 4.90 Å². The summed E-state index contributed by atoms with van der Waals surface area (Å²) in [7, 11) is 3.44. The average molecular weight is 282 g/mol. The lowest BCUT2D eigenvalue weighted by atomic mass is 10.3. The normalized spacial score (nSPS) is 11.0. The first-order chi connectivity index (χ1) is 7.81. The van der Waals surface area contributed by atoms with Crippen LogP contribution in [0.2, 0.25) is 0 Å². The number of nitro groups is 1. The first-order valence-electron chi connectivity index (χ1n) is 4.16. The fraction of sp³-hybridized carbons (Fsp3) is 0.250. The van der Waals surface area contributed by atoms with E-state index in [1.807, 2.05) is 0 Å². The minimum Gasteiger partial charge on any atom is -0.495 e. The number of methoxy groups -OCH3 is 2. The van der Waals surface area contributed by atoms with Crippen LogP contribution in [0.4, 0.5) is 5.69 Å². The molecule has 1 aromatic carbocycles. The lowest BCUT2D eigenvalue weighted by Gasteiger charge is -2.08. The molecule has 0 saturated carbocycles. The van der Waals surface area contributed by atoms with Gasteiger partial charge in [-0.3, -0.25) is 10.1 Å². The van der Waals surface area contributed by atoms with Crippen LogP contribution in [0.3, 0.4) is 0 Å². The number of halogens is 1. The van der Waals surface area contributed by atoms with E-state index < -0.39 is 24.6 Å². The zero-order valence-electron chi connectivity index (χ0n) is 8.84. The number of hydrogen-bond acceptors (Lipinski definition) is 6. The topological polar surface area (TPSA) is 95.7 Å². The Morgan fingerprint density at radius 1 is 1.24 bits per heavy atom. The zero-order valence-corrected chi connectivity index (χ0v) is 10.4. The van der Waals surface area contributed by atoms with E-state index in [4.69, 9.17) is 20.2 Å². The highest BCUT2D eigenvalue weighted by molar-refractivity contribution is 8.13. The van der Waals surface area contributed by atoms with Crippen LogP contribution < -0.4 is 9.47 Å². The average Bonchev–Trinajstić information content (AvgIpc) is 2.25. The van der Waals surface area contributed by atoms with Crippen molar-refractivity contribution in [3.8, 4) is 11.5 Å². The molecule has 0 fully saturated rings. The Morgan fingerprint density at radius 3 is 2.12 bits per heavy atom. The third-order valence-corrected chi connectivity index (χ3v) is 3.27. The molecule has 0 aliphatic rings. The SMILES string of the molecule is COc1cc(OC)c(S(=O)(=O)Cl)cc1[N+](=O)[O-]. The summed E-state index contributed by atoms with van der Waals surface area (Å²) in [4.78, 5) is 9.45. The van der Waals surface area contributed by atoms with Gasteiger partial charge in [0.05, 0.1) is 19.1 Å². The smallest absolute Gasteiger partial charge is 0.312 e. The molecule has 17 heavy (non-hydrogen) atoms. The maximum atomic E-state index is 11.2. The van der Waals surface area contributed by atoms with Crippen molar-refractivity contribution in [2.24, 2.45) is 0 Å². The maximum Gasteiger partial charge on any atom is 0.312 e. The molecule has 0 radical (unpaired) electrons. The van der Waals surface area contributed by atoms with E-state index in [0.29, 0.717) is 0 Å². The van der Waals surface area contributed by atoms with Crippen LogP contribution in [-0.4, -0.2) is 27.6 Å². The Hall–Kier alpha value is -1.54. The number of nitrogens with zero attached hydrogens (tertiary/aromatic N) is 1. The van der Waals surface area contributed by atoms with Crippen LogP contribution in [0.5, 0.6) is 11.5 Å². The van der Waals surface area contributed by atoms with Crippen LogP contribution in [0.1, 0.15) is 0 Å². The minimum atomic E-state index is -4.14. The fourth-order valence-electron chi connectivity index (χ4n) is 1.19. The summed E-state index contributed by atoms with van der Waals surface area (Å²) in [6.07, 6.45) is 0. The third kappa shape index (κ3) is 2.77. The summed E-state index contributed by atoms with van der Waals surface area (Å²) in [5.74, 6) is -0.238. The monoisotopic (exact) mass is 281 g/mol. The molecule has 1 aromatic rings. The van der Waals surface area contributed by atoms with Gasteiger partial charge >= 0.3 is 5.69 Å². The van der Waals surface area contributed by atoms with E-state index in [0.717, 1.165) is 12.1 Å². The van der Waals surface area contributed by atoms with Crippen LogP contribution in [-0.2, 0) is 9.05 Å². The summed E-state index contributed by atoms with van der Waals surface area (Å²) in [5.41, 5.74) is -0.507. The predicted molar refractivity (Wildman–Crippen MR) is 59.2 cm³/mol. The Labute approximate surface area is 101 Å². The Kier molecular flexibility index (Phi) is 3.79. The van der Waals surface area contributed by atoms with E-state index in [-0.39, 0.29) is 11.5 Å². The molecule has 1 rings (SSSR count). The number of hydrogen-bond donors (Lipinski definition) is 0. The second-order valence-corrected chi connectivity index (χ2v) is 5.40. The molecular formula is C8H8ClNO6S. The molecular weight excluding hydrogens is 274 g/mol. The van der Waals surface area contributed by atoms with Gasteiger partial charge in [-0.25, -0.2) is 8.42 Å².